The average molecular weight is 349 g/mol. The molecule has 0 bridgehead atoms. The number of hydrogen-bond acceptors (Lipinski definition) is 4. The quantitative estimate of drug-likeness (QED) is 0.600. The number of halogens is 2. The fraction of sp³-hybridized carbons (Fsp3) is 0.0909. The molecule has 0 saturated carbocycles. The predicted molar refractivity (Wildman–Crippen MR) is 76.3 cm³/mol. The number of Topliss-reactive ketones (excluding diaryl/α,β-unsaturated/α-hetero) is 1. The van der Waals surface area contributed by atoms with Crippen molar-refractivity contribution in [2.24, 2.45) is 0 Å². The Kier molecular flexibility index (Phi) is 4.62. The summed E-state index contributed by atoms with van der Waals surface area (Å²) in [5.41, 5.74) is 0. The summed E-state index contributed by atoms with van der Waals surface area (Å²) in [4.78, 5) is 16.8. The zero-order valence-corrected chi connectivity index (χ0v) is 12.5. The van der Waals surface area contributed by atoms with Crippen LogP contribution in [0.4, 0.5) is 0 Å². The molecule has 0 N–H and O–H groups in total. The summed E-state index contributed by atoms with van der Waals surface area (Å²) in [6, 6.07) is 5.45. The first-order valence-electron chi connectivity index (χ1n) is 4.67. The maximum atomic E-state index is 11.9. The van der Waals surface area contributed by atoms with Gasteiger partial charge in [0.1, 0.15) is 0 Å². The molecule has 0 aliphatic heterocycles. The van der Waals surface area contributed by atoms with E-state index in [0.29, 0.717) is 10.8 Å². The molecular formula is C11H7BrClNOS2. The Morgan fingerprint density at radius 3 is 2.88 bits per heavy atom. The van der Waals surface area contributed by atoms with Gasteiger partial charge in [-0.25, -0.2) is 4.98 Å². The van der Waals surface area contributed by atoms with Gasteiger partial charge in [0, 0.05) is 10.7 Å². The van der Waals surface area contributed by atoms with Crippen LogP contribution in [0.25, 0.3) is 0 Å². The van der Waals surface area contributed by atoms with Gasteiger partial charge in [-0.3, -0.25) is 4.79 Å². The second-order valence-corrected chi connectivity index (χ2v) is 6.33. The van der Waals surface area contributed by atoms with E-state index in [1.807, 2.05) is 17.5 Å². The first-order chi connectivity index (χ1) is 8.16. The fourth-order valence-corrected chi connectivity index (χ4v) is 3.60. The van der Waals surface area contributed by atoms with Crippen LogP contribution in [0, 0.1) is 0 Å². The van der Waals surface area contributed by atoms with Crippen molar-refractivity contribution in [3.63, 3.8) is 0 Å². The smallest absolute Gasteiger partial charge is 0.184 e. The number of rotatable bonds is 4. The SMILES string of the molecule is O=C(CSc1ccc(Cl)cn1)c1sccc1Br. The van der Waals surface area contributed by atoms with Gasteiger partial charge in [0.05, 0.1) is 20.7 Å². The van der Waals surface area contributed by atoms with E-state index in [0.717, 1.165) is 14.4 Å². The lowest BCUT2D eigenvalue weighted by Gasteiger charge is -1.99. The third-order valence-corrected chi connectivity index (χ3v) is 4.97. The molecule has 0 aliphatic rings. The zero-order valence-electron chi connectivity index (χ0n) is 8.52. The molecule has 0 spiro atoms. The lowest BCUT2D eigenvalue weighted by Crippen LogP contribution is -2.00. The van der Waals surface area contributed by atoms with Gasteiger partial charge in [0.2, 0.25) is 0 Å². The molecule has 2 nitrogen and oxygen atoms in total. The van der Waals surface area contributed by atoms with Gasteiger partial charge in [0.25, 0.3) is 0 Å². The summed E-state index contributed by atoms with van der Waals surface area (Å²) in [5, 5.41) is 3.29. The molecule has 0 aromatic carbocycles. The van der Waals surface area contributed by atoms with Crippen molar-refractivity contribution >= 4 is 56.4 Å². The van der Waals surface area contributed by atoms with Crippen molar-refractivity contribution < 1.29 is 4.79 Å². The number of nitrogens with zero attached hydrogens (tertiary/aromatic N) is 1. The first-order valence-corrected chi connectivity index (χ1v) is 7.71. The van der Waals surface area contributed by atoms with E-state index in [2.05, 4.69) is 20.9 Å². The van der Waals surface area contributed by atoms with Crippen LogP contribution in [0.15, 0.2) is 39.3 Å². The molecule has 0 aliphatic carbocycles. The Hall–Kier alpha value is -0.360. The number of hydrogen-bond donors (Lipinski definition) is 0. The Morgan fingerprint density at radius 1 is 1.47 bits per heavy atom. The third-order valence-electron chi connectivity index (χ3n) is 1.92. The van der Waals surface area contributed by atoms with Crippen molar-refractivity contribution in [3.05, 3.63) is 44.1 Å². The number of carbonyl (C=O) groups is 1. The number of ketones is 1. The number of carbonyl (C=O) groups excluding carboxylic acids is 1. The van der Waals surface area contributed by atoms with Crippen LogP contribution in [0.1, 0.15) is 9.67 Å². The molecule has 0 radical (unpaired) electrons. The summed E-state index contributed by atoms with van der Waals surface area (Å²) >= 11 is 11.9. The van der Waals surface area contributed by atoms with Crippen molar-refractivity contribution in [3.8, 4) is 0 Å². The molecule has 0 fully saturated rings. The molecule has 17 heavy (non-hydrogen) atoms. The average Bonchev–Trinajstić information content (AvgIpc) is 2.74. The number of thiophene rings is 1. The van der Waals surface area contributed by atoms with Crippen molar-refractivity contribution in [1.29, 1.82) is 0 Å². The molecule has 2 rings (SSSR count). The molecule has 0 atom stereocenters. The normalized spacial score (nSPS) is 10.5. The maximum Gasteiger partial charge on any atom is 0.184 e. The predicted octanol–water partition coefficient (Wildman–Crippen LogP) is 4.53. The van der Waals surface area contributed by atoms with Crippen LogP contribution < -0.4 is 0 Å². The molecule has 0 saturated heterocycles. The van der Waals surface area contributed by atoms with Gasteiger partial charge < -0.3 is 0 Å². The fourth-order valence-electron chi connectivity index (χ4n) is 1.15. The monoisotopic (exact) mass is 347 g/mol. The lowest BCUT2D eigenvalue weighted by atomic mass is 10.3. The largest absolute Gasteiger partial charge is 0.292 e. The molecular weight excluding hydrogens is 342 g/mol. The standard InChI is InChI=1S/C11H7BrClNOS2/c12-8-3-4-16-11(8)9(15)6-17-10-2-1-7(13)5-14-10/h1-5H,6H2. The van der Waals surface area contributed by atoms with E-state index >= 15 is 0 Å². The van der Waals surface area contributed by atoms with Crippen LogP contribution in [0.3, 0.4) is 0 Å². The summed E-state index contributed by atoms with van der Waals surface area (Å²) in [7, 11) is 0. The molecule has 2 aromatic heterocycles. The van der Waals surface area contributed by atoms with Crippen LogP contribution in [0.2, 0.25) is 5.02 Å². The summed E-state index contributed by atoms with van der Waals surface area (Å²) in [6.45, 7) is 0. The minimum atomic E-state index is 0.105. The van der Waals surface area contributed by atoms with E-state index in [1.54, 1.807) is 12.3 Å². The highest BCUT2D eigenvalue weighted by molar-refractivity contribution is 9.10. The highest BCUT2D eigenvalue weighted by atomic mass is 79.9. The van der Waals surface area contributed by atoms with Gasteiger partial charge in [-0.15, -0.1) is 11.3 Å². The minimum Gasteiger partial charge on any atom is -0.292 e. The Morgan fingerprint density at radius 2 is 2.29 bits per heavy atom. The molecule has 88 valence electrons. The maximum absolute atomic E-state index is 11.9. The Bertz CT molecular complexity index is 527. The topological polar surface area (TPSA) is 30.0 Å². The third kappa shape index (κ3) is 3.55. The van der Waals surface area contributed by atoms with Gasteiger partial charge in [-0.05, 0) is 39.5 Å². The highest BCUT2D eigenvalue weighted by Crippen LogP contribution is 2.26. The first kappa shape index (κ1) is 13.1. The summed E-state index contributed by atoms with van der Waals surface area (Å²) < 4.78 is 0.858. The van der Waals surface area contributed by atoms with Crippen molar-refractivity contribution in [1.82, 2.24) is 4.98 Å². The van der Waals surface area contributed by atoms with E-state index in [-0.39, 0.29) is 5.78 Å². The van der Waals surface area contributed by atoms with E-state index in [4.69, 9.17) is 11.6 Å². The molecule has 0 amide bonds. The Balaban J connectivity index is 1.97. The zero-order chi connectivity index (χ0) is 12.3. The summed E-state index contributed by atoms with van der Waals surface area (Å²) in [6.07, 6.45) is 1.58. The van der Waals surface area contributed by atoms with Gasteiger partial charge >= 0.3 is 0 Å². The van der Waals surface area contributed by atoms with Crippen LogP contribution >= 0.6 is 50.6 Å². The van der Waals surface area contributed by atoms with E-state index < -0.39 is 0 Å². The second-order valence-electron chi connectivity index (χ2n) is 3.12. The van der Waals surface area contributed by atoms with Crippen LogP contribution in [-0.2, 0) is 0 Å². The molecule has 2 aromatic rings. The number of thioether (sulfide) groups is 1. The molecule has 2 heterocycles. The molecule has 0 unspecified atom stereocenters. The van der Waals surface area contributed by atoms with Crippen molar-refractivity contribution in [2.75, 3.05) is 5.75 Å². The van der Waals surface area contributed by atoms with Crippen LogP contribution in [-0.4, -0.2) is 16.5 Å². The minimum absolute atomic E-state index is 0.105. The van der Waals surface area contributed by atoms with Gasteiger partial charge in [0.15, 0.2) is 5.78 Å². The second kappa shape index (κ2) is 6.00. The van der Waals surface area contributed by atoms with Crippen molar-refractivity contribution in [2.45, 2.75) is 5.03 Å². The number of aromatic nitrogens is 1. The Labute approximate surface area is 121 Å². The van der Waals surface area contributed by atoms with E-state index in [9.17, 15) is 4.79 Å². The molecule has 6 heteroatoms. The van der Waals surface area contributed by atoms with Gasteiger partial charge in [-0.2, -0.15) is 0 Å². The van der Waals surface area contributed by atoms with Crippen LogP contribution in [0.5, 0.6) is 0 Å². The highest BCUT2D eigenvalue weighted by Gasteiger charge is 2.12. The summed E-state index contributed by atoms with van der Waals surface area (Å²) in [5.74, 6) is 0.488. The lowest BCUT2D eigenvalue weighted by molar-refractivity contribution is 0.102. The van der Waals surface area contributed by atoms with Gasteiger partial charge in [-0.1, -0.05) is 23.4 Å². The van der Waals surface area contributed by atoms with E-state index in [1.165, 1.54) is 23.1 Å². The number of pyridine rings is 1.